The summed E-state index contributed by atoms with van der Waals surface area (Å²) < 4.78 is 0. The third-order valence-electron chi connectivity index (χ3n) is 3.50. The molecule has 1 atom stereocenters. The van der Waals surface area contributed by atoms with E-state index >= 15 is 0 Å². The SMILES string of the molecule is Cc1cccc(N(C)C2CCCNCC2)c1. The van der Waals surface area contributed by atoms with Crippen LogP contribution in [0.4, 0.5) is 5.69 Å². The van der Waals surface area contributed by atoms with E-state index in [0.717, 1.165) is 6.54 Å². The van der Waals surface area contributed by atoms with Crippen molar-refractivity contribution < 1.29 is 0 Å². The Labute approximate surface area is 98.7 Å². The second-order valence-corrected chi connectivity index (χ2v) is 4.78. The number of hydrogen-bond acceptors (Lipinski definition) is 2. The van der Waals surface area contributed by atoms with Gasteiger partial charge >= 0.3 is 0 Å². The normalized spacial score (nSPS) is 21.5. The Morgan fingerprint density at radius 3 is 2.94 bits per heavy atom. The third kappa shape index (κ3) is 2.76. The summed E-state index contributed by atoms with van der Waals surface area (Å²) in [5.74, 6) is 0. The Kier molecular flexibility index (Phi) is 3.83. The van der Waals surface area contributed by atoms with Gasteiger partial charge in [0.25, 0.3) is 0 Å². The maximum Gasteiger partial charge on any atom is 0.0368 e. The molecule has 1 fully saturated rings. The van der Waals surface area contributed by atoms with Crippen LogP contribution in [0, 0.1) is 6.92 Å². The molecule has 88 valence electrons. The lowest BCUT2D eigenvalue weighted by Gasteiger charge is -2.29. The quantitative estimate of drug-likeness (QED) is 0.820. The zero-order valence-electron chi connectivity index (χ0n) is 10.4. The van der Waals surface area contributed by atoms with Crippen molar-refractivity contribution in [2.75, 3.05) is 25.0 Å². The first kappa shape index (κ1) is 11.5. The molecule has 2 rings (SSSR count). The lowest BCUT2D eigenvalue weighted by molar-refractivity contribution is 0.567. The first-order valence-electron chi connectivity index (χ1n) is 6.27. The van der Waals surface area contributed by atoms with Crippen molar-refractivity contribution in [1.82, 2.24) is 5.32 Å². The van der Waals surface area contributed by atoms with Gasteiger partial charge in [-0.3, -0.25) is 0 Å². The van der Waals surface area contributed by atoms with E-state index in [2.05, 4.69) is 48.5 Å². The molecule has 1 aliphatic heterocycles. The molecule has 0 aliphatic carbocycles. The maximum atomic E-state index is 3.47. The van der Waals surface area contributed by atoms with E-state index in [1.54, 1.807) is 0 Å². The number of hydrogen-bond donors (Lipinski definition) is 1. The fourth-order valence-corrected chi connectivity index (χ4v) is 2.45. The second kappa shape index (κ2) is 5.35. The van der Waals surface area contributed by atoms with Crippen LogP contribution in [0.2, 0.25) is 0 Å². The molecule has 1 heterocycles. The summed E-state index contributed by atoms with van der Waals surface area (Å²) >= 11 is 0. The van der Waals surface area contributed by atoms with Gasteiger partial charge in [0, 0.05) is 18.8 Å². The minimum absolute atomic E-state index is 0.691. The molecule has 1 aromatic rings. The number of nitrogens with zero attached hydrogens (tertiary/aromatic N) is 1. The monoisotopic (exact) mass is 218 g/mol. The summed E-state index contributed by atoms with van der Waals surface area (Å²) in [5.41, 5.74) is 2.70. The van der Waals surface area contributed by atoms with Gasteiger partial charge in [0.15, 0.2) is 0 Å². The Hall–Kier alpha value is -1.02. The molecule has 1 unspecified atom stereocenters. The Morgan fingerprint density at radius 2 is 2.12 bits per heavy atom. The highest BCUT2D eigenvalue weighted by atomic mass is 15.1. The highest BCUT2D eigenvalue weighted by Gasteiger charge is 2.16. The van der Waals surface area contributed by atoms with Crippen LogP contribution < -0.4 is 10.2 Å². The van der Waals surface area contributed by atoms with Gasteiger partial charge in [-0.05, 0) is 57.0 Å². The van der Waals surface area contributed by atoms with Crippen LogP contribution in [-0.2, 0) is 0 Å². The summed E-state index contributed by atoms with van der Waals surface area (Å²) in [4.78, 5) is 2.44. The molecule has 1 aliphatic rings. The number of nitrogens with one attached hydrogen (secondary N) is 1. The first-order chi connectivity index (χ1) is 7.77. The zero-order chi connectivity index (χ0) is 11.4. The van der Waals surface area contributed by atoms with Gasteiger partial charge in [-0.15, -0.1) is 0 Å². The van der Waals surface area contributed by atoms with Crippen molar-refractivity contribution >= 4 is 5.69 Å². The third-order valence-corrected chi connectivity index (χ3v) is 3.50. The Bertz CT molecular complexity index is 327. The van der Waals surface area contributed by atoms with Gasteiger partial charge in [0.1, 0.15) is 0 Å². The van der Waals surface area contributed by atoms with Gasteiger partial charge in [-0.1, -0.05) is 12.1 Å². The molecule has 2 nitrogen and oxygen atoms in total. The van der Waals surface area contributed by atoms with Gasteiger partial charge in [0.2, 0.25) is 0 Å². The molecule has 1 aromatic carbocycles. The molecular weight excluding hydrogens is 196 g/mol. The topological polar surface area (TPSA) is 15.3 Å². The molecule has 1 N–H and O–H groups in total. The lowest BCUT2D eigenvalue weighted by Crippen LogP contribution is -2.32. The van der Waals surface area contributed by atoms with E-state index in [-0.39, 0.29) is 0 Å². The van der Waals surface area contributed by atoms with Gasteiger partial charge in [0.05, 0.1) is 0 Å². The molecule has 0 amide bonds. The van der Waals surface area contributed by atoms with Crippen molar-refractivity contribution in [2.45, 2.75) is 32.2 Å². The molecule has 1 saturated heterocycles. The van der Waals surface area contributed by atoms with E-state index in [9.17, 15) is 0 Å². The second-order valence-electron chi connectivity index (χ2n) is 4.78. The fourth-order valence-electron chi connectivity index (χ4n) is 2.45. The molecule has 0 aromatic heterocycles. The highest BCUT2D eigenvalue weighted by Crippen LogP contribution is 2.21. The summed E-state index contributed by atoms with van der Waals surface area (Å²) in [7, 11) is 2.23. The van der Waals surface area contributed by atoms with Crippen molar-refractivity contribution in [3.05, 3.63) is 29.8 Å². The lowest BCUT2D eigenvalue weighted by atomic mass is 10.1. The average Bonchev–Trinajstić information content (AvgIpc) is 2.56. The number of aryl methyl sites for hydroxylation is 1. The molecule has 16 heavy (non-hydrogen) atoms. The molecular formula is C14H22N2. The number of anilines is 1. The van der Waals surface area contributed by atoms with E-state index < -0.39 is 0 Å². The minimum Gasteiger partial charge on any atom is -0.372 e. The van der Waals surface area contributed by atoms with Gasteiger partial charge in [-0.25, -0.2) is 0 Å². The molecule has 0 saturated carbocycles. The van der Waals surface area contributed by atoms with Crippen molar-refractivity contribution in [2.24, 2.45) is 0 Å². The van der Waals surface area contributed by atoms with E-state index in [1.165, 1.54) is 37.1 Å². The fraction of sp³-hybridized carbons (Fsp3) is 0.571. The summed E-state index contributed by atoms with van der Waals surface area (Å²) in [5, 5.41) is 3.47. The standard InChI is InChI=1S/C14H22N2/c1-12-5-3-6-14(11-12)16(2)13-7-4-9-15-10-8-13/h3,5-6,11,13,15H,4,7-10H2,1-2H3. The zero-order valence-corrected chi connectivity index (χ0v) is 10.4. The van der Waals surface area contributed by atoms with Gasteiger partial charge in [-0.2, -0.15) is 0 Å². The predicted octanol–water partition coefficient (Wildman–Crippen LogP) is 2.57. The Morgan fingerprint density at radius 1 is 1.25 bits per heavy atom. The minimum atomic E-state index is 0.691. The van der Waals surface area contributed by atoms with Crippen LogP contribution in [-0.4, -0.2) is 26.2 Å². The predicted molar refractivity (Wildman–Crippen MR) is 70.1 cm³/mol. The molecule has 0 radical (unpaired) electrons. The number of rotatable bonds is 2. The van der Waals surface area contributed by atoms with Crippen LogP contribution >= 0.6 is 0 Å². The van der Waals surface area contributed by atoms with E-state index in [1.807, 2.05) is 0 Å². The van der Waals surface area contributed by atoms with Crippen LogP contribution in [0.25, 0.3) is 0 Å². The largest absolute Gasteiger partial charge is 0.372 e. The molecule has 0 spiro atoms. The highest BCUT2D eigenvalue weighted by molar-refractivity contribution is 5.48. The van der Waals surface area contributed by atoms with Crippen LogP contribution in [0.3, 0.4) is 0 Å². The van der Waals surface area contributed by atoms with Crippen molar-refractivity contribution in [3.63, 3.8) is 0 Å². The first-order valence-corrected chi connectivity index (χ1v) is 6.27. The summed E-state index contributed by atoms with van der Waals surface area (Å²) in [6.07, 6.45) is 3.85. The maximum absolute atomic E-state index is 3.47. The van der Waals surface area contributed by atoms with Crippen molar-refractivity contribution in [3.8, 4) is 0 Å². The van der Waals surface area contributed by atoms with Crippen LogP contribution in [0.15, 0.2) is 24.3 Å². The number of benzene rings is 1. The summed E-state index contributed by atoms with van der Waals surface area (Å²) in [6, 6.07) is 9.49. The smallest absolute Gasteiger partial charge is 0.0368 e. The average molecular weight is 218 g/mol. The Balaban J connectivity index is 2.07. The van der Waals surface area contributed by atoms with E-state index in [4.69, 9.17) is 0 Å². The summed E-state index contributed by atoms with van der Waals surface area (Å²) in [6.45, 7) is 4.49. The van der Waals surface area contributed by atoms with Gasteiger partial charge < -0.3 is 10.2 Å². The molecule has 2 heteroatoms. The van der Waals surface area contributed by atoms with Crippen LogP contribution in [0.1, 0.15) is 24.8 Å². The van der Waals surface area contributed by atoms with Crippen molar-refractivity contribution in [1.29, 1.82) is 0 Å². The van der Waals surface area contributed by atoms with E-state index in [0.29, 0.717) is 6.04 Å². The molecule has 0 bridgehead atoms. The van der Waals surface area contributed by atoms with Crippen LogP contribution in [0.5, 0.6) is 0 Å².